The maximum Gasteiger partial charge on any atom is 0.257 e. The largest absolute Gasteiger partial charge is 0.382 e. The normalized spacial score (nSPS) is 10.2. The van der Waals surface area contributed by atoms with E-state index in [1.807, 2.05) is 0 Å². The zero-order chi connectivity index (χ0) is 15.2. The number of pyridine rings is 1. The molecule has 0 aliphatic carbocycles. The number of nitrogens with zero attached hydrogens (tertiary/aromatic N) is 1. The van der Waals surface area contributed by atoms with Crippen LogP contribution in [0.3, 0.4) is 0 Å². The van der Waals surface area contributed by atoms with Crippen LogP contribution in [0.5, 0.6) is 0 Å². The van der Waals surface area contributed by atoms with Gasteiger partial charge in [-0.25, -0.2) is 8.78 Å². The van der Waals surface area contributed by atoms with Crippen LogP contribution in [0, 0.1) is 11.6 Å². The molecule has 1 heterocycles. The molecule has 2 aromatic rings. The van der Waals surface area contributed by atoms with E-state index in [9.17, 15) is 13.6 Å². The molecular formula is C14H12ClF2N3O. The van der Waals surface area contributed by atoms with Crippen molar-refractivity contribution in [2.45, 2.75) is 0 Å². The Morgan fingerprint density at radius 3 is 2.57 bits per heavy atom. The molecule has 0 spiro atoms. The number of aromatic nitrogens is 1. The summed E-state index contributed by atoms with van der Waals surface area (Å²) in [6, 6.07) is 4.95. The minimum Gasteiger partial charge on any atom is -0.382 e. The first-order chi connectivity index (χ1) is 10.1. The van der Waals surface area contributed by atoms with Gasteiger partial charge in [0.2, 0.25) is 0 Å². The number of nitrogens with one attached hydrogen (secondary N) is 2. The second kappa shape index (κ2) is 6.99. The van der Waals surface area contributed by atoms with E-state index in [1.165, 1.54) is 12.3 Å². The molecule has 0 saturated carbocycles. The number of carbonyl (C=O) groups excluding carboxylic acids is 1. The van der Waals surface area contributed by atoms with E-state index < -0.39 is 23.1 Å². The standard InChI is InChI=1S/C14H12ClF2N3O/c15-9-8-18-5-4-12(9)19-6-7-20-14(21)13-10(16)2-1-3-11(13)17/h1-5,8H,6-7H2,(H,18,19)(H,20,21). The predicted molar refractivity (Wildman–Crippen MR) is 76.4 cm³/mol. The third-order valence-electron chi connectivity index (χ3n) is 2.69. The lowest BCUT2D eigenvalue weighted by atomic mass is 10.2. The first-order valence-electron chi connectivity index (χ1n) is 6.15. The number of anilines is 1. The van der Waals surface area contributed by atoms with Crippen molar-refractivity contribution in [3.8, 4) is 0 Å². The molecule has 4 nitrogen and oxygen atoms in total. The summed E-state index contributed by atoms with van der Waals surface area (Å²) in [7, 11) is 0. The highest BCUT2D eigenvalue weighted by Crippen LogP contribution is 2.18. The quantitative estimate of drug-likeness (QED) is 0.835. The summed E-state index contributed by atoms with van der Waals surface area (Å²) in [6.07, 6.45) is 3.05. The first kappa shape index (κ1) is 15.2. The van der Waals surface area contributed by atoms with Crippen molar-refractivity contribution in [1.82, 2.24) is 10.3 Å². The number of benzene rings is 1. The van der Waals surface area contributed by atoms with Crippen molar-refractivity contribution < 1.29 is 13.6 Å². The Hall–Kier alpha value is -2.21. The molecule has 2 N–H and O–H groups in total. The molecule has 0 aliphatic heterocycles. The van der Waals surface area contributed by atoms with Crippen molar-refractivity contribution in [2.75, 3.05) is 18.4 Å². The number of hydrogen-bond acceptors (Lipinski definition) is 3. The van der Waals surface area contributed by atoms with Crippen LogP contribution in [0.15, 0.2) is 36.7 Å². The van der Waals surface area contributed by atoms with Crippen LogP contribution in [0.1, 0.15) is 10.4 Å². The van der Waals surface area contributed by atoms with Crippen LogP contribution in [0.25, 0.3) is 0 Å². The second-order valence-corrected chi connectivity index (χ2v) is 4.54. The lowest BCUT2D eigenvalue weighted by molar-refractivity contribution is 0.0947. The fourth-order valence-electron chi connectivity index (χ4n) is 1.69. The SMILES string of the molecule is O=C(NCCNc1ccncc1Cl)c1c(F)cccc1F. The molecule has 0 saturated heterocycles. The van der Waals surface area contributed by atoms with Crippen LogP contribution in [0.4, 0.5) is 14.5 Å². The van der Waals surface area contributed by atoms with Gasteiger partial charge < -0.3 is 10.6 Å². The van der Waals surface area contributed by atoms with E-state index >= 15 is 0 Å². The molecule has 7 heteroatoms. The van der Waals surface area contributed by atoms with Gasteiger partial charge in [-0.1, -0.05) is 17.7 Å². The number of hydrogen-bond donors (Lipinski definition) is 2. The number of carbonyl (C=O) groups is 1. The van der Waals surface area contributed by atoms with Gasteiger partial charge in [-0.05, 0) is 18.2 Å². The molecule has 1 aromatic heterocycles. The molecule has 0 fully saturated rings. The number of halogens is 3. The van der Waals surface area contributed by atoms with E-state index in [2.05, 4.69) is 15.6 Å². The zero-order valence-corrected chi connectivity index (χ0v) is 11.6. The molecule has 21 heavy (non-hydrogen) atoms. The van der Waals surface area contributed by atoms with Gasteiger partial charge in [0.05, 0.1) is 10.7 Å². The third-order valence-corrected chi connectivity index (χ3v) is 2.99. The number of amides is 1. The molecular weight excluding hydrogens is 300 g/mol. The van der Waals surface area contributed by atoms with Crippen LogP contribution in [-0.2, 0) is 0 Å². The average molecular weight is 312 g/mol. The molecule has 1 aromatic carbocycles. The number of rotatable bonds is 5. The Balaban J connectivity index is 1.87. The Morgan fingerprint density at radius 2 is 1.90 bits per heavy atom. The van der Waals surface area contributed by atoms with Crippen LogP contribution >= 0.6 is 11.6 Å². The van der Waals surface area contributed by atoms with Gasteiger partial charge in [0.1, 0.15) is 17.2 Å². The maximum absolute atomic E-state index is 13.4. The first-order valence-corrected chi connectivity index (χ1v) is 6.53. The van der Waals surface area contributed by atoms with Gasteiger partial charge in [-0.15, -0.1) is 0 Å². The molecule has 0 aliphatic rings. The van der Waals surface area contributed by atoms with E-state index in [0.29, 0.717) is 17.3 Å². The van der Waals surface area contributed by atoms with E-state index in [1.54, 1.807) is 12.3 Å². The molecule has 110 valence electrons. The molecule has 0 atom stereocenters. The fourth-order valence-corrected chi connectivity index (χ4v) is 1.88. The third kappa shape index (κ3) is 3.88. The minimum atomic E-state index is -0.891. The summed E-state index contributed by atoms with van der Waals surface area (Å²) >= 11 is 5.89. The minimum absolute atomic E-state index is 0.186. The summed E-state index contributed by atoms with van der Waals surface area (Å²) in [4.78, 5) is 15.5. The predicted octanol–water partition coefficient (Wildman–Crippen LogP) is 2.86. The van der Waals surface area contributed by atoms with Crippen molar-refractivity contribution in [1.29, 1.82) is 0 Å². The van der Waals surface area contributed by atoms with Gasteiger partial charge in [0, 0.05) is 25.5 Å². The molecule has 2 rings (SSSR count). The summed E-state index contributed by atoms with van der Waals surface area (Å²) in [5.41, 5.74) is 0.0810. The van der Waals surface area contributed by atoms with E-state index in [4.69, 9.17) is 11.6 Å². The molecule has 0 unspecified atom stereocenters. The monoisotopic (exact) mass is 311 g/mol. The highest BCUT2D eigenvalue weighted by atomic mass is 35.5. The zero-order valence-electron chi connectivity index (χ0n) is 10.9. The second-order valence-electron chi connectivity index (χ2n) is 4.13. The highest BCUT2D eigenvalue weighted by molar-refractivity contribution is 6.33. The van der Waals surface area contributed by atoms with Gasteiger partial charge in [-0.3, -0.25) is 9.78 Å². The van der Waals surface area contributed by atoms with E-state index in [-0.39, 0.29) is 6.54 Å². The lowest BCUT2D eigenvalue weighted by Crippen LogP contribution is -2.30. The fraction of sp³-hybridized carbons (Fsp3) is 0.143. The van der Waals surface area contributed by atoms with Crippen molar-refractivity contribution in [3.63, 3.8) is 0 Å². The lowest BCUT2D eigenvalue weighted by Gasteiger charge is -2.09. The summed E-state index contributed by atoms with van der Waals surface area (Å²) in [6.45, 7) is 0.538. The molecule has 0 radical (unpaired) electrons. The molecule has 1 amide bonds. The van der Waals surface area contributed by atoms with Crippen LogP contribution < -0.4 is 10.6 Å². The van der Waals surface area contributed by atoms with Crippen LogP contribution in [0.2, 0.25) is 5.02 Å². The Morgan fingerprint density at radius 1 is 1.19 bits per heavy atom. The summed E-state index contributed by atoms with van der Waals surface area (Å²) in [5.74, 6) is -2.58. The Kier molecular flexibility index (Phi) is 5.05. The Labute approximate surface area is 125 Å². The van der Waals surface area contributed by atoms with Gasteiger partial charge in [0.25, 0.3) is 5.91 Å². The van der Waals surface area contributed by atoms with Crippen LogP contribution in [-0.4, -0.2) is 24.0 Å². The van der Waals surface area contributed by atoms with Crippen molar-refractivity contribution in [2.24, 2.45) is 0 Å². The summed E-state index contributed by atoms with van der Waals surface area (Å²) in [5, 5.41) is 5.85. The maximum atomic E-state index is 13.4. The van der Waals surface area contributed by atoms with Gasteiger partial charge in [0.15, 0.2) is 0 Å². The topological polar surface area (TPSA) is 54.0 Å². The molecule has 0 bridgehead atoms. The smallest absolute Gasteiger partial charge is 0.257 e. The average Bonchev–Trinajstić information content (AvgIpc) is 2.45. The highest BCUT2D eigenvalue weighted by Gasteiger charge is 2.16. The van der Waals surface area contributed by atoms with Crippen molar-refractivity contribution in [3.05, 3.63) is 58.9 Å². The Bertz CT molecular complexity index is 632. The van der Waals surface area contributed by atoms with Gasteiger partial charge in [-0.2, -0.15) is 0 Å². The van der Waals surface area contributed by atoms with Crippen molar-refractivity contribution >= 4 is 23.2 Å². The summed E-state index contributed by atoms with van der Waals surface area (Å²) < 4.78 is 26.8. The van der Waals surface area contributed by atoms with Gasteiger partial charge >= 0.3 is 0 Å². The van der Waals surface area contributed by atoms with E-state index in [0.717, 1.165) is 12.1 Å².